The van der Waals surface area contributed by atoms with Crippen LogP contribution in [0.2, 0.25) is 0 Å². The van der Waals surface area contributed by atoms with E-state index in [-0.39, 0.29) is 11.9 Å². The van der Waals surface area contributed by atoms with Crippen molar-refractivity contribution in [3.05, 3.63) is 36.0 Å². The second-order valence-corrected chi connectivity index (χ2v) is 7.32. The first-order valence-electron chi connectivity index (χ1n) is 9.84. The van der Waals surface area contributed by atoms with Crippen LogP contribution in [0.3, 0.4) is 0 Å². The van der Waals surface area contributed by atoms with Crippen LogP contribution in [-0.2, 0) is 4.74 Å². The zero-order valence-electron chi connectivity index (χ0n) is 16.1. The van der Waals surface area contributed by atoms with E-state index in [9.17, 15) is 4.79 Å². The molecule has 2 amide bonds. The lowest BCUT2D eigenvalue weighted by molar-refractivity contribution is 0.0830. The molecule has 0 spiro atoms. The van der Waals surface area contributed by atoms with Gasteiger partial charge in [-0.15, -0.1) is 0 Å². The Labute approximate surface area is 164 Å². The normalized spacial score (nSPS) is 20.8. The smallest absolute Gasteiger partial charge is 0.321 e. The molecule has 1 unspecified atom stereocenters. The highest BCUT2D eigenvalue weighted by Gasteiger charge is 2.30. The number of benzene rings is 1. The molecule has 3 heterocycles. The minimum absolute atomic E-state index is 0.0801. The molecule has 2 saturated heterocycles. The molecule has 4 rings (SSSR count). The third kappa shape index (κ3) is 4.27. The lowest BCUT2D eigenvalue weighted by Crippen LogP contribution is -2.41. The summed E-state index contributed by atoms with van der Waals surface area (Å²) in [6.45, 7) is 2.80. The number of aromatic nitrogens is 2. The molecular formula is C20H26N4O4. The van der Waals surface area contributed by atoms with Crippen LogP contribution in [0.15, 0.2) is 28.8 Å². The SMILES string of the molecule is COc1ccc(NC(=O)N2CCCC(c3nc(C4CCOCC4)no3)C2)cc1. The number of hydrogen-bond acceptors (Lipinski definition) is 6. The number of carbonyl (C=O) groups is 1. The monoisotopic (exact) mass is 386 g/mol. The fourth-order valence-corrected chi connectivity index (χ4v) is 3.77. The molecule has 28 heavy (non-hydrogen) atoms. The first-order valence-corrected chi connectivity index (χ1v) is 9.84. The number of piperidine rings is 1. The van der Waals surface area contributed by atoms with Crippen molar-refractivity contribution in [1.29, 1.82) is 0 Å². The molecule has 0 saturated carbocycles. The summed E-state index contributed by atoms with van der Waals surface area (Å²) < 4.78 is 16.1. The van der Waals surface area contributed by atoms with Crippen LogP contribution in [-0.4, -0.2) is 54.5 Å². The zero-order chi connectivity index (χ0) is 19.3. The summed E-state index contributed by atoms with van der Waals surface area (Å²) >= 11 is 0. The summed E-state index contributed by atoms with van der Waals surface area (Å²) in [4.78, 5) is 19.1. The number of nitrogens with one attached hydrogen (secondary N) is 1. The van der Waals surface area contributed by atoms with Gasteiger partial charge in [0.15, 0.2) is 5.82 Å². The highest BCUT2D eigenvalue weighted by Crippen LogP contribution is 2.30. The van der Waals surface area contributed by atoms with E-state index in [1.807, 2.05) is 29.2 Å². The fourth-order valence-electron chi connectivity index (χ4n) is 3.77. The van der Waals surface area contributed by atoms with Crippen LogP contribution < -0.4 is 10.1 Å². The zero-order valence-corrected chi connectivity index (χ0v) is 16.1. The van der Waals surface area contributed by atoms with Crippen LogP contribution in [0.5, 0.6) is 5.75 Å². The van der Waals surface area contributed by atoms with Crippen molar-refractivity contribution in [1.82, 2.24) is 15.0 Å². The quantitative estimate of drug-likeness (QED) is 0.866. The number of methoxy groups -OCH3 is 1. The Morgan fingerprint density at radius 1 is 1.18 bits per heavy atom. The van der Waals surface area contributed by atoms with Crippen molar-refractivity contribution in [2.75, 3.05) is 38.7 Å². The third-order valence-electron chi connectivity index (χ3n) is 5.44. The van der Waals surface area contributed by atoms with E-state index in [1.54, 1.807) is 7.11 Å². The van der Waals surface area contributed by atoms with Gasteiger partial charge >= 0.3 is 6.03 Å². The Morgan fingerprint density at radius 3 is 2.71 bits per heavy atom. The van der Waals surface area contributed by atoms with E-state index in [1.165, 1.54) is 0 Å². The predicted octanol–water partition coefficient (Wildman–Crippen LogP) is 3.38. The molecule has 2 aliphatic heterocycles. The minimum Gasteiger partial charge on any atom is -0.497 e. The maximum Gasteiger partial charge on any atom is 0.321 e. The number of ether oxygens (including phenoxy) is 2. The van der Waals surface area contributed by atoms with Gasteiger partial charge in [-0.1, -0.05) is 5.16 Å². The average Bonchev–Trinajstić information content (AvgIpc) is 3.25. The summed E-state index contributed by atoms with van der Waals surface area (Å²) in [6.07, 6.45) is 3.72. The Balaban J connectivity index is 1.37. The second kappa shape index (κ2) is 8.60. The molecule has 2 aliphatic rings. The van der Waals surface area contributed by atoms with Gasteiger partial charge in [-0.2, -0.15) is 4.98 Å². The van der Waals surface area contributed by atoms with Gasteiger partial charge < -0.3 is 24.2 Å². The van der Waals surface area contributed by atoms with Gasteiger partial charge in [-0.25, -0.2) is 4.79 Å². The van der Waals surface area contributed by atoms with Crippen molar-refractivity contribution in [3.8, 4) is 5.75 Å². The summed E-state index contributed by atoms with van der Waals surface area (Å²) in [7, 11) is 1.62. The predicted molar refractivity (Wildman–Crippen MR) is 103 cm³/mol. The van der Waals surface area contributed by atoms with E-state index < -0.39 is 0 Å². The molecule has 1 N–H and O–H groups in total. The fraction of sp³-hybridized carbons (Fsp3) is 0.550. The van der Waals surface area contributed by atoms with Gasteiger partial charge in [0.1, 0.15) is 5.75 Å². The van der Waals surface area contributed by atoms with Crippen molar-refractivity contribution >= 4 is 11.7 Å². The number of anilines is 1. The molecule has 0 bridgehead atoms. The van der Waals surface area contributed by atoms with Gasteiger partial charge in [0, 0.05) is 37.9 Å². The Hall–Kier alpha value is -2.61. The van der Waals surface area contributed by atoms with Gasteiger partial charge in [0.05, 0.1) is 13.0 Å². The topological polar surface area (TPSA) is 89.7 Å². The highest BCUT2D eigenvalue weighted by atomic mass is 16.5. The van der Waals surface area contributed by atoms with E-state index in [0.29, 0.717) is 18.4 Å². The minimum atomic E-state index is -0.112. The van der Waals surface area contributed by atoms with Crippen LogP contribution in [0, 0.1) is 0 Å². The van der Waals surface area contributed by atoms with Crippen LogP contribution in [0.25, 0.3) is 0 Å². The molecule has 1 atom stereocenters. The number of carbonyl (C=O) groups excluding carboxylic acids is 1. The number of hydrogen-bond donors (Lipinski definition) is 1. The second-order valence-electron chi connectivity index (χ2n) is 7.32. The number of nitrogens with zero attached hydrogens (tertiary/aromatic N) is 3. The highest BCUT2D eigenvalue weighted by molar-refractivity contribution is 5.89. The molecule has 2 fully saturated rings. The standard InChI is InChI=1S/C20H26N4O4/c1-26-17-6-4-16(5-7-17)21-20(25)24-10-2-3-15(13-24)19-22-18(23-28-19)14-8-11-27-12-9-14/h4-7,14-15H,2-3,8-13H2,1H3,(H,21,25). The average molecular weight is 386 g/mol. The maximum absolute atomic E-state index is 12.7. The Bertz CT molecular complexity index is 786. The van der Waals surface area contributed by atoms with E-state index in [2.05, 4.69) is 15.5 Å². The van der Waals surface area contributed by atoms with Gasteiger partial charge in [0.25, 0.3) is 0 Å². The molecule has 8 heteroatoms. The van der Waals surface area contributed by atoms with Crippen molar-refractivity contribution < 1.29 is 18.8 Å². The van der Waals surface area contributed by atoms with E-state index in [4.69, 9.17) is 14.0 Å². The Morgan fingerprint density at radius 2 is 1.96 bits per heavy atom. The lowest BCUT2D eigenvalue weighted by Gasteiger charge is -2.31. The first-order chi connectivity index (χ1) is 13.7. The summed E-state index contributed by atoms with van der Waals surface area (Å²) in [6, 6.07) is 7.20. The van der Waals surface area contributed by atoms with Crippen molar-refractivity contribution in [2.24, 2.45) is 0 Å². The van der Waals surface area contributed by atoms with E-state index in [0.717, 1.165) is 62.7 Å². The molecule has 8 nitrogen and oxygen atoms in total. The molecule has 1 aromatic carbocycles. The van der Waals surface area contributed by atoms with Gasteiger partial charge in [-0.3, -0.25) is 0 Å². The molecule has 0 radical (unpaired) electrons. The maximum atomic E-state index is 12.7. The molecular weight excluding hydrogens is 360 g/mol. The molecule has 2 aromatic rings. The molecule has 150 valence electrons. The lowest BCUT2D eigenvalue weighted by atomic mass is 9.97. The first kappa shape index (κ1) is 18.7. The summed E-state index contributed by atoms with van der Waals surface area (Å²) in [5.41, 5.74) is 0.743. The van der Waals surface area contributed by atoms with Gasteiger partial charge in [0.2, 0.25) is 5.89 Å². The van der Waals surface area contributed by atoms with Gasteiger partial charge in [-0.05, 0) is 49.9 Å². The number of urea groups is 1. The van der Waals surface area contributed by atoms with Crippen molar-refractivity contribution in [3.63, 3.8) is 0 Å². The third-order valence-corrected chi connectivity index (χ3v) is 5.44. The van der Waals surface area contributed by atoms with Crippen LogP contribution in [0.1, 0.15) is 49.2 Å². The Kier molecular flexibility index (Phi) is 5.76. The largest absolute Gasteiger partial charge is 0.497 e. The summed E-state index contributed by atoms with van der Waals surface area (Å²) in [5, 5.41) is 7.14. The number of likely N-dealkylation sites (tertiary alicyclic amines) is 1. The van der Waals surface area contributed by atoms with E-state index >= 15 is 0 Å². The molecule has 0 aliphatic carbocycles. The van der Waals surface area contributed by atoms with Crippen LogP contribution in [0.4, 0.5) is 10.5 Å². The number of rotatable bonds is 4. The number of amides is 2. The summed E-state index contributed by atoms with van der Waals surface area (Å²) in [5.74, 6) is 2.56. The van der Waals surface area contributed by atoms with Crippen molar-refractivity contribution in [2.45, 2.75) is 37.5 Å². The van der Waals surface area contributed by atoms with Crippen LogP contribution >= 0.6 is 0 Å². The molecule has 1 aromatic heterocycles.